The Kier molecular flexibility index (Phi) is 5.20. The Bertz CT molecular complexity index is 683. The summed E-state index contributed by atoms with van der Waals surface area (Å²) in [5.74, 6) is -0.316. The van der Waals surface area contributed by atoms with Crippen LogP contribution >= 0.6 is 0 Å². The van der Waals surface area contributed by atoms with E-state index in [0.717, 1.165) is 0 Å². The first-order chi connectivity index (χ1) is 10.8. The van der Waals surface area contributed by atoms with Gasteiger partial charge in [-0.2, -0.15) is 8.78 Å². The zero-order valence-electron chi connectivity index (χ0n) is 13.0. The lowest BCUT2D eigenvalue weighted by Gasteiger charge is -2.23. The second kappa shape index (κ2) is 6.95. The normalized spacial score (nSPS) is 11.9. The number of aliphatic hydroxyl groups is 1. The molecule has 0 aliphatic carbocycles. The summed E-state index contributed by atoms with van der Waals surface area (Å²) in [5, 5.41) is 12.2. The molecule has 0 saturated heterocycles. The summed E-state index contributed by atoms with van der Waals surface area (Å²) in [7, 11) is 0. The van der Waals surface area contributed by atoms with Crippen LogP contribution in [0.25, 0.3) is 10.9 Å². The van der Waals surface area contributed by atoms with Crippen molar-refractivity contribution in [2.75, 3.05) is 13.2 Å². The third kappa shape index (κ3) is 4.41. The van der Waals surface area contributed by atoms with Crippen LogP contribution in [0.5, 0.6) is 5.75 Å². The van der Waals surface area contributed by atoms with E-state index in [4.69, 9.17) is 5.11 Å². The number of fused-ring (bicyclic) bond motifs is 1. The van der Waals surface area contributed by atoms with E-state index in [2.05, 4.69) is 15.0 Å². The van der Waals surface area contributed by atoms with Gasteiger partial charge in [0.05, 0.1) is 0 Å². The fourth-order valence-corrected chi connectivity index (χ4v) is 2.25. The number of ether oxygens (including phenoxy) is 1. The van der Waals surface area contributed by atoms with Gasteiger partial charge in [-0.25, -0.2) is 0 Å². The highest BCUT2D eigenvalue weighted by atomic mass is 19.3. The summed E-state index contributed by atoms with van der Waals surface area (Å²) in [6.45, 7) is 1.38. The molecule has 2 aromatic rings. The van der Waals surface area contributed by atoms with Gasteiger partial charge < -0.3 is 20.1 Å². The average molecular weight is 326 g/mol. The predicted molar refractivity (Wildman–Crippen MR) is 82.7 cm³/mol. The minimum absolute atomic E-state index is 0.0217. The number of hydrogen-bond donors (Lipinski definition) is 3. The van der Waals surface area contributed by atoms with Crippen LogP contribution in [0.15, 0.2) is 24.3 Å². The second-order valence-electron chi connectivity index (χ2n) is 6.10. The lowest BCUT2D eigenvalue weighted by atomic mass is 9.90. The van der Waals surface area contributed by atoms with Gasteiger partial charge in [-0.3, -0.25) is 4.79 Å². The molecule has 0 aliphatic heterocycles. The van der Waals surface area contributed by atoms with Gasteiger partial charge in [0.25, 0.3) is 5.91 Å². The van der Waals surface area contributed by atoms with Crippen molar-refractivity contribution in [2.24, 2.45) is 5.41 Å². The fourth-order valence-electron chi connectivity index (χ4n) is 2.25. The highest BCUT2D eigenvalue weighted by Crippen LogP contribution is 2.27. The zero-order valence-corrected chi connectivity index (χ0v) is 13.0. The summed E-state index contributed by atoms with van der Waals surface area (Å²) in [6.07, 6.45) is 0.562. The van der Waals surface area contributed by atoms with Crippen LogP contribution in [-0.2, 0) is 0 Å². The highest BCUT2D eigenvalue weighted by Gasteiger charge is 2.20. The average Bonchev–Trinajstić information content (AvgIpc) is 2.89. The number of rotatable bonds is 7. The van der Waals surface area contributed by atoms with Crippen LogP contribution in [0.3, 0.4) is 0 Å². The molecular formula is C16H20F2N2O3. The first-order valence-electron chi connectivity index (χ1n) is 7.28. The van der Waals surface area contributed by atoms with E-state index in [0.29, 0.717) is 23.9 Å². The Morgan fingerprint density at radius 2 is 2.17 bits per heavy atom. The molecule has 0 atom stereocenters. The van der Waals surface area contributed by atoms with Crippen molar-refractivity contribution in [1.29, 1.82) is 0 Å². The minimum Gasteiger partial charge on any atom is -0.434 e. The molecule has 0 saturated carbocycles. The largest absolute Gasteiger partial charge is 0.434 e. The Labute approximate surface area is 132 Å². The Morgan fingerprint density at radius 3 is 2.83 bits per heavy atom. The van der Waals surface area contributed by atoms with Gasteiger partial charge in [0.1, 0.15) is 11.4 Å². The molecule has 2 rings (SSSR count). The Morgan fingerprint density at radius 1 is 1.43 bits per heavy atom. The van der Waals surface area contributed by atoms with Crippen molar-refractivity contribution < 1.29 is 23.4 Å². The van der Waals surface area contributed by atoms with Gasteiger partial charge in [-0.05, 0) is 30.0 Å². The van der Waals surface area contributed by atoms with E-state index >= 15 is 0 Å². The number of carbonyl (C=O) groups excluding carboxylic acids is 1. The molecule has 0 fully saturated rings. The lowest BCUT2D eigenvalue weighted by molar-refractivity contribution is -0.0487. The van der Waals surface area contributed by atoms with Crippen molar-refractivity contribution >= 4 is 16.8 Å². The molecule has 1 aromatic carbocycles. The molecule has 1 aromatic heterocycles. The fraction of sp³-hybridized carbons (Fsp3) is 0.438. The Balaban J connectivity index is 2.15. The number of aromatic nitrogens is 1. The molecule has 126 valence electrons. The first kappa shape index (κ1) is 17.2. The molecule has 7 heteroatoms. The first-order valence-corrected chi connectivity index (χ1v) is 7.28. The number of nitrogens with one attached hydrogen (secondary N) is 2. The van der Waals surface area contributed by atoms with Crippen molar-refractivity contribution in [3.8, 4) is 5.75 Å². The molecule has 3 N–H and O–H groups in total. The van der Waals surface area contributed by atoms with Crippen LogP contribution in [0.4, 0.5) is 8.78 Å². The zero-order chi connectivity index (χ0) is 17.0. The maximum Gasteiger partial charge on any atom is 0.387 e. The summed E-state index contributed by atoms with van der Waals surface area (Å²) in [4.78, 5) is 15.1. The van der Waals surface area contributed by atoms with E-state index in [-0.39, 0.29) is 29.4 Å². The third-order valence-electron chi connectivity index (χ3n) is 3.60. The van der Waals surface area contributed by atoms with Crippen LogP contribution in [0.1, 0.15) is 30.8 Å². The summed E-state index contributed by atoms with van der Waals surface area (Å²) in [6, 6.07) is 6.17. The summed E-state index contributed by atoms with van der Waals surface area (Å²) >= 11 is 0. The second-order valence-corrected chi connectivity index (χ2v) is 6.10. The van der Waals surface area contributed by atoms with Crippen LogP contribution in [0, 0.1) is 5.41 Å². The number of hydrogen-bond acceptors (Lipinski definition) is 3. The van der Waals surface area contributed by atoms with Gasteiger partial charge >= 0.3 is 6.61 Å². The van der Waals surface area contributed by atoms with Gasteiger partial charge in [0, 0.05) is 24.1 Å². The highest BCUT2D eigenvalue weighted by molar-refractivity contribution is 5.99. The van der Waals surface area contributed by atoms with Crippen LogP contribution in [-0.4, -0.2) is 35.8 Å². The number of carbonyl (C=O) groups is 1. The van der Waals surface area contributed by atoms with Gasteiger partial charge in [0.2, 0.25) is 0 Å². The molecular weight excluding hydrogens is 306 g/mol. The van der Waals surface area contributed by atoms with Gasteiger partial charge in [-0.15, -0.1) is 0 Å². The monoisotopic (exact) mass is 326 g/mol. The molecule has 1 heterocycles. The standard InChI is InChI=1S/C16H20F2N2O3/c1-16(2,6-7-21)9-19-14(22)12-8-10-11(20-12)4-3-5-13(10)23-15(17)18/h3-5,8,15,20-21H,6-7,9H2,1-2H3,(H,19,22). The quantitative estimate of drug-likeness (QED) is 0.732. The maximum atomic E-state index is 12.4. The number of aromatic amines is 1. The number of alkyl halides is 2. The maximum absolute atomic E-state index is 12.4. The topological polar surface area (TPSA) is 74.3 Å². The summed E-state index contributed by atoms with van der Waals surface area (Å²) < 4.78 is 29.3. The van der Waals surface area contributed by atoms with E-state index in [1.54, 1.807) is 12.1 Å². The molecule has 0 bridgehead atoms. The van der Waals surface area contributed by atoms with E-state index in [1.165, 1.54) is 12.1 Å². The predicted octanol–water partition coefficient (Wildman–Crippen LogP) is 2.91. The van der Waals surface area contributed by atoms with Crippen LogP contribution in [0.2, 0.25) is 0 Å². The van der Waals surface area contributed by atoms with Crippen LogP contribution < -0.4 is 10.1 Å². The molecule has 0 radical (unpaired) electrons. The third-order valence-corrected chi connectivity index (χ3v) is 3.60. The number of halogens is 2. The van der Waals surface area contributed by atoms with Crippen molar-refractivity contribution in [2.45, 2.75) is 26.9 Å². The van der Waals surface area contributed by atoms with Crippen molar-refractivity contribution in [1.82, 2.24) is 10.3 Å². The van der Waals surface area contributed by atoms with E-state index < -0.39 is 6.61 Å². The van der Waals surface area contributed by atoms with E-state index in [1.807, 2.05) is 13.8 Å². The van der Waals surface area contributed by atoms with Gasteiger partial charge in [0.15, 0.2) is 0 Å². The molecule has 0 aliphatic rings. The minimum atomic E-state index is -2.92. The lowest BCUT2D eigenvalue weighted by Crippen LogP contribution is -2.34. The van der Waals surface area contributed by atoms with Gasteiger partial charge in [-0.1, -0.05) is 19.9 Å². The molecule has 0 spiro atoms. The number of H-pyrrole nitrogens is 1. The SMILES string of the molecule is CC(C)(CCO)CNC(=O)c1cc2c(OC(F)F)cccc2[nH]1. The summed E-state index contributed by atoms with van der Waals surface area (Å²) in [5.41, 5.74) is 0.577. The van der Waals surface area contributed by atoms with Crippen molar-refractivity contribution in [3.63, 3.8) is 0 Å². The smallest absolute Gasteiger partial charge is 0.387 e. The number of aliphatic hydroxyl groups excluding tert-OH is 1. The van der Waals surface area contributed by atoms with E-state index in [9.17, 15) is 13.6 Å². The molecule has 0 unspecified atom stereocenters. The molecule has 23 heavy (non-hydrogen) atoms. The molecule has 5 nitrogen and oxygen atoms in total. The number of amides is 1. The Hall–Kier alpha value is -2.15. The van der Waals surface area contributed by atoms with Crippen molar-refractivity contribution in [3.05, 3.63) is 30.0 Å². The number of benzene rings is 1. The molecule has 1 amide bonds.